The molecule has 0 aromatic carbocycles. The summed E-state index contributed by atoms with van der Waals surface area (Å²) >= 11 is 0. The van der Waals surface area contributed by atoms with Crippen LogP contribution in [0.15, 0.2) is 4.52 Å². The summed E-state index contributed by atoms with van der Waals surface area (Å²) in [6.07, 6.45) is 1.47. The molecule has 1 aromatic heterocycles. The second-order valence-corrected chi connectivity index (χ2v) is 5.51. The highest BCUT2D eigenvalue weighted by atomic mass is 16.5. The number of nitrogens with two attached hydrogens (primary N) is 2. The number of carboxylic acid groups (broad SMARTS) is 1. The standard InChI is InChI=1S/C13H20N6O5/c14-7(3-4-9(15)20)11-17-10(24-18-11)6-16-13(23)19-5-1-2-8(19)12(21)22/h7-8H,1-6,14H2,(H2,15,20)(H,16,23)(H,21,22)/t7-,8+/m0/s1. The Labute approximate surface area is 137 Å². The average molecular weight is 340 g/mol. The predicted octanol–water partition coefficient (Wildman–Crippen LogP) is -0.906. The van der Waals surface area contributed by atoms with Gasteiger partial charge in [-0.05, 0) is 19.3 Å². The van der Waals surface area contributed by atoms with Gasteiger partial charge in [-0.3, -0.25) is 4.79 Å². The number of aromatic nitrogens is 2. The highest BCUT2D eigenvalue weighted by molar-refractivity contribution is 5.83. The fourth-order valence-electron chi connectivity index (χ4n) is 2.44. The van der Waals surface area contributed by atoms with Gasteiger partial charge >= 0.3 is 12.0 Å². The van der Waals surface area contributed by atoms with Crippen LogP contribution in [0.3, 0.4) is 0 Å². The zero-order valence-corrected chi connectivity index (χ0v) is 13.0. The van der Waals surface area contributed by atoms with Gasteiger partial charge in [-0.2, -0.15) is 4.98 Å². The lowest BCUT2D eigenvalue weighted by atomic mass is 10.1. The third kappa shape index (κ3) is 4.41. The van der Waals surface area contributed by atoms with Crippen molar-refractivity contribution in [2.45, 2.75) is 44.3 Å². The summed E-state index contributed by atoms with van der Waals surface area (Å²) in [5.74, 6) is -1.15. The molecular formula is C13H20N6O5. The molecular weight excluding hydrogens is 320 g/mol. The van der Waals surface area contributed by atoms with Gasteiger partial charge in [0.1, 0.15) is 6.04 Å². The zero-order chi connectivity index (χ0) is 17.7. The van der Waals surface area contributed by atoms with E-state index >= 15 is 0 Å². The highest BCUT2D eigenvalue weighted by Gasteiger charge is 2.34. The molecule has 0 radical (unpaired) electrons. The third-order valence-corrected chi connectivity index (χ3v) is 3.71. The van der Waals surface area contributed by atoms with Crippen molar-refractivity contribution in [2.24, 2.45) is 11.5 Å². The molecule has 1 saturated heterocycles. The van der Waals surface area contributed by atoms with Gasteiger partial charge in [0.25, 0.3) is 0 Å². The van der Waals surface area contributed by atoms with Gasteiger partial charge in [-0.25, -0.2) is 9.59 Å². The van der Waals surface area contributed by atoms with Crippen LogP contribution < -0.4 is 16.8 Å². The van der Waals surface area contributed by atoms with Crippen molar-refractivity contribution in [1.82, 2.24) is 20.4 Å². The lowest BCUT2D eigenvalue weighted by Crippen LogP contribution is -2.45. The van der Waals surface area contributed by atoms with Crippen molar-refractivity contribution in [3.05, 3.63) is 11.7 Å². The van der Waals surface area contributed by atoms with Crippen LogP contribution >= 0.6 is 0 Å². The molecule has 0 bridgehead atoms. The van der Waals surface area contributed by atoms with Gasteiger partial charge in [0, 0.05) is 13.0 Å². The molecule has 1 aliphatic heterocycles. The maximum absolute atomic E-state index is 12.0. The van der Waals surface area contributed by atoms with E-state index in [0.29, 0.717) is 19.4 Å². The lowest BCUT2D eigenvalue weighted by Gasteiger charge is -2.21. The van der Waals surface area contributed by atoms with Crippen LogP contribution in [-0.2, 0) is 16.1 Å². The smallest absolute Gasteiger partial charge is 0.326 e. The molecule has 1 fully saturated rings. The van der Waals surface area contributed by atoms with E-state index in [1.165, 1.54) is 4.90 Å². The highest BCUT2D eigenvalue weighted by Crippen LogP contribution is 2.17. The number of urea groups is 1. The van der Waals surface area contributed by atoms with E-state index in [4.69, 9.17) is 21.1 Å². The molecule has 2 atom stereocenters. The summed E-state index contributed by atoms with van der Waals surface area (Å²) in [4.78, 5) is 39.1. The molecule has 0 unspecified atom stereocenters. The number of nitrogens with one attached hydrogen (secondary N) is 1. The molecule has 3 amide bonds. The van der Waals surface area contributed by atoms with Crippen molar-refractivity contribution in [1.29, 1.82) is 0 Å². The summed E-state index contributed by atoms with van der Waals surface area (Å²) in [6, 6.07) is -1.91. The summed E-state index contributed by atoms with van der Waals surface area (Å²) in [6.45, 7) is 0.340. The first-order valence-electron chi connectivity index (χ1n) is 7.52. The molecule has 132 valence electrons. The van der Waals surface area contributed by atoms with Crippen molar-refractivity contribution >= 4 is 17.9 Å². The first-order valence-corrected chi connectivity index (χ1v) is 7.52. The maximum atomic E-state index is 12.0. The number of aliphatic carboxylic acids is 1. The van der Waals surface area contributed by atoms with Gasteiger partial charge in [0.2, 0.25) is 11.8 Å². The Hall–Kier alpha value is -2.69. The van der Waals surface area contributed by atoms with Crippen LogP contribution in [0.5, 0.6) is 0 Å². The van der Waals surface area contributed by atoms with E-state index < -0.39 is 30.0 Å². The Kier molecular flexibility index (Phi) is 5.68. The minimum absolute atomic E-state index is 0.0444. The lowest BCUT2D eigenvalue weighted by molar-refractivity contribution is -0.141. The second-order valence-electron chi connectivity index (χ2n) is 5.51. The fourth-order valence-corrected chi connectivity index (χ4v) is 2.44. The monoisotopic (exact) mass is 340 g/mol. The Morgan fingerprint density at radius 3 is 2.88 bits per heavy atom. The molecule has 2 heterocycles. The number of nitrogens with zero attached hydrogens (tertiary/aromatic N) is 3. The van der Waals surface area contributed by atoms with E-state index in [0.717, 1.165) is 0 Å². The molecule has 0 spiro atoms. The van der Waals surface area contributed by atoms with Gasteiger partial charge in [-0.1, -0.05) is 5.16 Å². The molecule has 11 heteroatoms. The number of carbonyl (C=O) groups excluding carboxylic acids is 2. The number of hydrogen-bond acceptors (Lipinski definition) is 7. The normalized spacial score (nSPS) is 18.4. The molecule has 0 aliphatic carbocycles. The van der Waals surface area contributed by atoms with Crippen molar-refractivity contribution in [3.8, 4) is 0 Å². The molecule has 1 aromatic rings. The number of amides is 3. The Bertz CT molecular complexity index is 618. The number of hydrogen-bond donors (Lipinski definition) is 4. The Balaban J connectivity index is 1.85. The topological polar surface area (TPSA) is 178 Å². The second kappa shape index (κ2) is 7.73. The maximum Gasteiger partial charge on any atom is 0.326 e. The Morgan fingerprint density at radius 1 is 1.46 bits per heavy atom. The molecule has 2 rings (SSSR count). The van der Waals surface area contributed by atoms with E-state index in [1.807, 2.05) is 0 Å². The molecule has 11 nitrogen and oxygen atoms in total. The number of rotatable bonds is 7. The van der Waals surface area contributed by atoms with Crippen molar-refractivity contribution in [3.63, 3.8) is 0 Å². The number of carbonyl (C=O) groups is 3. The van der Waals surface area contributed by atoms with Crippen LogP contribution in [-0.4, -0.2) is 50.6 Å². The molecule has 0 saturated carbocycles. The van der Waals surface area contributed by atoms with Gasteiger partial charge in [-0.15, -0.1) is 0 Å². The third-order valence-electron chi connectivity index (χ3n) is 3.71. The summed E-state index contributed by atoms with van der Waals surface area (Å²) in [7, 11) is 0. The van der Waals surface area contributed by atoms with Crippen molar-refractivity contribution in [2.75, 3.05) is 6.54 Å². The SMILES string of the molecule is NC(=O)CC[C@H](N)c1noc(CNC(=O)N2CCC[C@@H]2C(=O)O)n1. The van der Waals surface area contributed by atoms with Gasteiger partial charge in [0.05, 0.1) is 12.6 Å². The van der Waals surface area contributed by atoms with Gasteiger partial charge < -0.3 is 31.3 Å². The Morgan fingerprint density at radius 2 is 2.21 bits per heavy atom. The van der Waals surface area contributed by atoms with Crippen LogP contribution in [0.25, 0.3) is 0 Å². The van der Waals surface area contributed by atoms with E-state index in [9.17, 15) is 14.4 Å². The number of carboxylic acids is 1. The molecule has 6 N–H and O–H groups in total. The summed E-state index contributed by atoms with van der Waals surface area (Å²) in [5, 5.41) is 15.3. The van der Waals surface area contributed by atoms with Crippen LogP contribution in [0.4, 0.5) is 4.79 Å². The van der Waals surface area contributed by atoms with Crippen LogP contribution in [0.2, 0.25) is 0 Å². The fraction of sp³-hybridized carbons (Fsp3) is 0.615. The molecule has 24 heavy (non-hydrogen) atoms. The van der Waals surface area contributed by atoms with Gasteiger partial charge in [0.15, 0.2) is 5.82 Å². The van der Waals surface area contributed by atoms with Crippen LogP contribution in [0, 0.1) is 0 Å². The quantitative estimate of drug-likeness (QED) is 0.492. The summed E-state index contributed by atoms with van der Waals surface area (Å²) < 4.78 is 4.97. The van der Waals surface area contributed by atoms with Crippen LogP contribution in [0.1, 0.15) is 43.4 Å². The minimum Gasteiger partial charge on any atom is -0.480 e. The first kappa shape index (κ1) is 17.7. The first-order chi connectivity index (χ1) is 11.4. The predicted molar refractivity (Wildman–Crippen MR) is 79.3 cm³/mol. The van der Waals surface area contributed by atoms with Crippen molar-refractivity contribution < 1.29 is 24.0 Å². The summed E-state index contributed by atoms with van der Waals surface area (Å²) in [5.41, 5.74) is 10.9. The minimum atomic E-state index is -1.02. The zero-order valence-electron chi connectivity index (χ0n) is 13.0. The average Bonchev–Trinajstić information content (AvgIpc) is 3.19. The van der Waals surface area contributed by atoms with E-state index in [2.05, 4.69) is 15.5 Å². The molecule has 1 aliphatic rings. The van der Waals surface area contributed by atoms with E-state index in [1.54, 1.807) is 0 Å². The largest absolute Gasteiger partial charge is 0.480 e. The number of primary amides is 1. The number of likely N-dealkylation sites (tertiary alicyclic amines) is 1. The van der Waals surface area contributed by atoms with E-state index in [-0.39, 0.29) is 31.1 Å².